The summed E-state index contributed by atoms with van der Waals surface area (Å²) in [6.07, 6.45) is 8.44. The first kappa shape index (κ1) is 26.1. The van der Waals surface area contributed by atoms with Crippen molar-refractivity contribution in [1.29, 1.82) is 0 Å². The topological polar surface area (TPSA) is 78.9 Å². The van der Waals surface area contributed by atoms with Crippen LogP contribution in [0.25, 0.3) is 21.9 Å². The largest absolute Gasteiger partial charge is 0.493 e. The Bertz CT molecular complexity index is 1300. The molecule has 0 atom stereocenters. The lowest BCUT2D eigenvalue weighted by molar-refractivity contribution is 0.304. The van der Waals surface area contributed by atoms with Crippen molar-refractivity contribution in [1.82, 2.24) is 0 Å². The summed E-state index contributed by atoms with van der Waals surface area (Å²) in [6.45, 7) is 5.65. The minimum atomic E-state index is -0.338. The predicted octanol–water partition coefficient (Wildman–Crippen LogP) is 7.11. The first-order valence-electron chi connectivity index (χ1n) is 12.4. The van der Waals surface area contributed by atoms with Crippen LogP contribution in [0.2, 0.25) is 0 Å². The van der Waals surface area contributed by atoms with Crippen LogP contribution in [-0.2, 0) is 0 Å². The van der Waals surface area contributed by atoms with Crippen molar-refractivity contribution in [2.45, 2.75) is 58.8 Å². The van der Waals surface area contributed by atoms with E-state index in [1.54, 1.807) is 24.3 Å². The number of rotatable bonds is 11. The van der Waals surface area contributed by atoms with E-state index in [0.717, 1.165) is 35.1 Å². The van der Waals surface area contributed by atoms with Gasteiger partial charge in [0.1, 0.15) is 22.7 Å². The highest BCUT2D eigenvalue weighted by molar-refractivity contribution is 5.78. The van der Waals surface area contributed by atoms with Crippen molar-refractivity contribution >= 4 is 21.9 Å². The Morgan fingerprint density at radius 2 is 1.06 bits per heavy atom. The van der Waals surface area contributed by atoms with E-state index < -0.39 is 0 Å². The van der Waals surface area contributed by atoms with E-state index in [1.165, 1.54) is 44.2 Å². The van der Waals surface area contributed by atoms with Crippen LogP contribution in [0, 0.1) is 0 Å². The number of hydrogen-bond donors (Lipinski definition) is 0. The summed E-state index contributed by atoms with van der Waals surface area (Å²) >= 11 is 0. The molecule has 2 heterocycles. The van der Waals surface area contributed by atoms with Crippen LogP contribution < -0.4 is 20.7 Å². The zero-order chi connectivity index (χ0) is 24.9. The highest BCUT2D eigenvalue weighted by Crippen LogP contribution is 2.20. The van der Waals surface area contributed by atoms with Crippen LogP contribution in [0.3, 0.4) is 0 Å². The summed E-state index contributed by atoms with van der Waals surface area (Å²) in [5, 5.41) is 1.81. The molecule has 6 nitrogen and oxygen atoms in total. The molecule has 4 aromatic rings. The third-order valence-corrected chi connectivity index (χ3v) is 5.43. The van der Waals surface area contributed by atoms with Crippen molar-refractivity contribution < 1.29 is 18.3 Å². The molecule has 0 saturated heterocycles. The van der Waals surface area contributed by atoms with Gasteiger partial charge >= 0.3 is 11.3 Å². The standard InChI is InChI=1S/C17H22O3.C12H12O3/c1-2-3-4-5-6-7-12-19-15-10-8-14-9-11-17(18)20-16(14)13-15;1-2-7-14-10-5-3-9-4-6-12(13)15-11(9)8-10/h8-11,13H,2-7,12H2,1H3;3-6,8H,2,7H2,1H3. The molecular formula is C29H34O6. The molecule has 0 aliphatic carbocycles. The summed E-state index contributed by atoms with van der Waals surface area (Å²) in [5.41, 5.74) is 0.481. The highest BCUT2D eigenvalue weighted by Gasteiger charge is 2.01. The fraction of sp³-hybridized carbons (Fsp3) is 0.379. The molecule has 6 heteroatoms. The lowest BCUT2D eigenvalue weighted by Gasteiger charge is -2.06. The Kier molecular flexibility index (Phi) is 10.4. The van der Waals surface area contributed by atoms with Crippen molar-refractivity contribution in [2.24, 2.45) is 0 Å². The first-order valence-corrected chi connectivity index (χ1v) is 12.4. The van der Waals surface area contributed by atoms with Gasteiger partial charge in [-0.05, 0) is 49.2 Å². The molecule has 0 radical (unpaired) electrons. The number of benzene rings is 2. The van der Waals surface area contributed by atoms with Gasteiger partial charge in [0.25, 0.3) is 0 Å². The van der Waals surface area contributed by atoms with Gasteiger partial charge in [0.05, 0.1) is 13.2 Å². The van der Waals surface area contributed by atoms with Crippen LogP contribution in [0.5, 0.6) is 11.5 Å². The Labute approximate surface area is 205 Å². The molecule has 0 amide bonds. The number of ether oxygens (including phenoxy) is 2. The molecule has 0 spiro atoms. The molecule has 35 heavy (non-hydrogen) atoms. The van der Waals surface area contributed by atoms with E-state index in [0.29, 0.717) is 24.4 Å². The Hall–Kier alpha value is -3.54. The van der Waals surface area contributed by atoms with Gasteiger partial charge < -0.3 is 18.3 Å². The minimum Gasteiger partial charge on any atom is -0.493 e. The molecule has 186 valence electrons. The van der Waals surface area contributed by atoms with Gasteiger partial charge in [-0.3, -0.25) is 0 Å². The van der Waals surface area contributed by atoms with Crippen molar-refractivity contribution in [3.63, 3.8) is 0 Å². The SMILES string of the molecule is CCCCCCCCOc1ccc2ccc(=O)oc2c1.CCCOc1ccc2ccc(=O)oc2c1. The van der Waals surface area contributed by atoms with Gasteiger partial charge in [0, 0.05) is 35.0 Å². The molecule has 4 rings (SSSR count). The van der Waals surface area contributed by atoms with E-state index in [9.17, 15) is 9.59 Å². The highest BCUT2D eigenvalue weighted by atomic mass is 16.5. The maximum Gasteiger partial charge on any atom is 0.336 e. The van der Waals surface area contributed by atoms with Crippen LogP contribution in [-0.4, -0.2) is 13.2 Å². The normalized spacial score (nSPS) is 10.7. The molecule has 0 bridgehead atoms. The monoisotopic (exact) mass is 478 g/mol. The summed E-state index contributed by atoms with van der Waals surface area (Å²) in [6, 6.07) is 17.5. The third-order valence-electron chi connectivity index (χ3n) is 5.43. The summed E-state index contributed by atoms with van der Waals surface area (Å²) in [7, 11) is 0. The lowest BCUT2D eigenvalue weighted by atomic mass is 10.1. The Morgan fingerprint density at radius 1 is 0.571 bits per heavy atom. The van der Waals surface area contributed by atoms with Crippen LogP contribution in [0.15, 0.2) is 79.1 Å². The number of hydrogen-bond acceptors (Lipinski definition) is 6. The minimum absolute atomic E-state index is 0.328. The van der Waals surface area contributed by atoms with Crippen molar-refractivity contribution in [2.75, 3.05) is 13.2 Å². The van der Waals surface area contributed by atoms with Crippen LogP contribution >= 0.6 is 0 Å². The van der Waals surface area contributed by atoms with E-state index in [4.69, 9.17) is 18.3 Å². The van der Waals surface area contributed by atoms with E-state index in [1.807, 2.05) is 31.2 Å². The number of fused-ring (bicyclic) bond motifs is 2. The van der Waals surface area contributed by atoms with Crippen molar-refractivity contribution in [3.05, 3.63) is 81.5 Å². The average Bonchev–Trinajstić information content (AvgIpc) is 2.86. The second kappa shape index (κ2) is 14.0. The quantitative estimate of drug-likeness (QED) is 0.169. The van der Waals surface area contributed by atoms with Crippen LogP contribution in [0.1, 0.15) is 58.8 Å². The van der Waals surface area contributed by atoms with Gasteiger partial charge in [0.2, 0.25) is 0 Å². The van der Waals surface area contributed by atoms with E-state index in [2.05, 4.69) is 6.92 Å². The maximum absolute atomic E-state index is 11.2. The summed E-state index contributed by atoms with van der Waals surface area (Å²) < 4.78 is 21.3. The molecule has 0 aliphatic heterocycles. The zero-order valence-electron chi connectivity index (χ0n) is 20.6. The second-order valence-electron chi connectivity index (χ2n) is 8.37. The van der Waals surface area contributed by atoms with Gasteiger partial charge in [0.15, 0.2) is 0 Å². The first-order chi connectivity index (χ1) is 17.1. The summed E-state index contributed by atoms with van der Waals surface area (Å²) in [5.74, 6) is 1.50. The smallest absolute Gasteiger partial charge is 0.336 e. The van der Waals surface area contributed by atoms with Crippen LogP contribution in [0.4, 0.5) is 0 Å². The van der Waals surface area contributed by atoms with E-state index in [-0.39, 0.29) is 11.3 Å². The Balaban J connectivity index is 0.000000203. The predicted molar refractivity (Wildman–Crippen MR) is 140 cm³/mol. The second-order valence-corrected chi connectivity index (χ2v) is 8.37. The fourth-order valence-corrected chi connectivity index (χ4v) is 3.55. The maximum atomic E-state index is 11.2. The van der Waals surface area contributed by atoms with Gasteiger partial charge in [-0.25, -0.2) is 9.59 Å². The van der Waals surface area contributed by atoms with Crippen molar-refractivity contribution in [3.8, 4) is 11.5 Å². The molecule has 0 fully saturated rings. The molecule has 0 aliphatic rings. The summed E-state index contributed by atoms with van der Waals surface area (Å²) in [4.78, 5) is 22.2. The third kappa shape index (κ3) is 8.63. The van der Waals surface area contributed by atoms with Gasteiger partial charge in [-0.1, -0.05) is 46.0 Å². The lowest BCUT2D eigenvalue weighted by Crippen LogP contribution is -1.98. The van der Waals surface area contributed by atoms with E-state index >= 15 is 0 Å². The number of unbranched alkanes of at least 4 members (excludes halogenated alkanes) is 5. The molecule has 0 N–H and O–H groups in total. The molecule has 0 unspecified atom stereocenters. The fourth-order valence-electron chi connectivity index (χ4n) is 3.55. The Morgan fingerprint density at radius 3 is 1.60 bits per heavy atom. The zero-order valence-corrected chi connectivity index (χ0v) is 20.6. The average molecular weight is 479 g/mol. The molecular weight excluding hydrogens is 444 g/mol. The van der Waals surface area contributed by atoms with Gasteiger partial charge in [-0.15, -0.1) is 0 Å². The van der Waals surface area contributed by atoms with Gasteiger partial charge in [-0.2, -0.15) is 0 Å². The molecule has 0 saturated carbocycles. The molecule has 2 aromatic heterocycles. The molecule has 2 aromatic carbocycles.